The molecule has 1 atom stereocenters. The molecule has 0 saturated carbocycles. The lowest BCUT2D eigenvalue weighted by atomic mass is 9.86. The Morgan fingerprint density at radius 1 is 1.42 bits per heavy atom. The molecule has 0 aromatic carbocycles. The molecule has 0 aliphatic carbocycles. The number of hydrogen-bond acceptors (Lipinski definition) is 9. The van der Waals surface area contributed by atoms with Gasteiger partial charge in [0.05, 0.1) is 36.7 Å². The third-order valence-electron chi connectivity index (χ3n) is 6.09. The lowest BCUT2D eigenvalue weighted by Crippen LogP contribution is -2.46. The summed E-state index contributed by atoms with van der Waals surface area (Å²) in [6.45, 7) is 2.95. The van der Waals surface area contributed by atoms with E-state index in [1.54, 1.807) is 11.9 Å². The molecule has 1 fully saturated rings. The van der Waals surface area contributed by atoms with Crippen LogP contribution in [0.5, 0.6) is 6.01 Å². The maximum Gasteiger partial charge on any atom is 0.316 e. The number of amidine groups is 1. The number of pyridine rings is 1. The molecule has 4 heterocycles. The van der Waals surface area contributed by atoms with Gasteiger partial charge in [0.1, 0.15) is 5.82 Å². The Kier molecular flexibility index (Phi) is 6.02. The van der Waals surface area contributed by atoms with Gasteiger partial charge in [-0.3, -0.25) is 4.79 Å². The van der Waals surface area contributed by atoms with Crippen LogP contribution in [0.4, 0.5) is 10.2 Å². The molecule has 2 aliphatic heterocycles. The van der Waals surface area contributed by atoms with Gasteiger partial charge in [-0.25, -0.2) is 25.3 Å². The summed E-state index contributed by atoms with van der Waals surface area (Å²) >= 11 is 0. The number of rotatable bonds is 5. The molecule has 2 aromatic heterocycles. The summed E-state index contributed by atoms with van der Waals surface area (Å²) < 4.78 is 19.0. The van der Waals surface area contributed by atoms with Crippen LogP contribution in [0, 0.1) is 12.7 Å². The van der Waals surface area contributed by atoms with E-state index >= 15 is 0 Å². The summed E-state index contributed by atoms with van der Waals surface area (Å²) in [5.41, 5.74) is 8.35. The number of methoxy groups -OCH3 is 1. The Morgan fingerprint density at radius 2 is 2.21 bits per heavy atom. The molecule has 33 heavy (non-hydrogen) atoms. The van der Waals surface area contributed by atoms with Gasteiger partial charge < -0.3 is 20.7 Å². The van der Waals surface area contributed by atoms with E-state index in [4.69, 9.17) is 21.3 Å². The first kappa shape index (κ1) is 22.6. The van der Waals surface area contributed by atoms with Gasteiger partial charge in [0.2, 0.25) is 5.91 Å². The molecule has 12 heteroatoms. The normalized spacial score (nSPS) is 19.9. The molecular formula is C21H28FN9O2. The smallest absolute Gasteiger partial charge is 0.316 e. The minimum Gasteiger partial charge on any atom is -0.467 e. The van der Waals surface area contributed by atoms with Crippen molar-refractivity contribution in [1.29, 1.82) is 0 Å². The average Bonchev–Trinajstić information content (AvgIpc) is 3.17. The molecule has 0 radical (unpaired) electrons. The van der Waals surface area contributed by atoms with Crippen LogP contribution in [0.15, 0.2) is 17.4 Å². The number of aromatic nitrogens is 3. The number of nitrogens with two attached hydrogens (primary N) is 2. The van der Waals surface area contributed by atoms with Gasteiger partial charge in [0.25, 0.3) is 0 Å². The molecule has 4 rings (SSSR count). The molecule has 2 aromatic rings. The molecule has 176 valence electrons. The van der Waals surface area contributed by atoms with Gasteiger partial charge in [-0.15, -0.1) is 5.10 Å². The third-order valence-corrected chi connectivity index (χ3v) is 6.09. The number of hydrogen-bond donors (Lipinski definition) is 3. The number of aryl methyl sites for hydroxylation is 2. The zero-order valence-corrected chi connectivity index (χ0v) is 18.9. The number of nitrogens with zero attached hydrogens (tertiary/aromatic N) is 6. The van der Waals surface area contributed by atoms with Crippen molar-refractivity contribution in [3.63, 3.8) is 0 Å². The number of likely N-dealkylation sites (tertiary alicyclic amines) is 1. The van der Waals surface area contributed by atoms with Crippen LogP contribution < -0.4 is 21.6 Å². The van der Waals surface area contributed by atoms with Gasteiger partial charge in [-0.05, 0) is 37.8 Å². The molecule has 0 bridgehead atoms. The number of amides is 1. The average molecular weight is 458 g/mol. The van der Waals surface area contributed by atoms with Crippen molar-refractivity contribution < 1.29 is 13.9 Å². The predicted octanol–water partition coefficient (Wildman–Crippen LogP) is 0.325. The molecule has 1 saturated heterocycles. The van der Waals surface area contributed by atoms with E-state index in [9.17, 15) is 9.18 Å². The van der Waals surface area contributed by atoms with Gasteiger partial charge in [-0.2, -0.15) is 4.98 Å². The molecular weight excluding hydrogens is 429 g/mol. The van der Waals surface area contributed by atoms with Crippen LogP contribution in [-0.4, -0.2) is 69.5 Å². The van der Waals surface area contributed by atoms with E-state index in [2.05, 4.69) is 20.4 Å². The Labute approximate surface area is 191 Å². The SMILES string of the molecule is COc1ncc(F)c(CC(=O)N2CC[C@@]3(CCc4cc(/C(N)=N/N(C)N)c(C)nc4N3)C2)n1. The number of hydrazone groups is 1. The van der Waals surface area contributed by atoms with Gasteiger partial charge >= 0.3 is 6.01 Å². The highest BCUT2D eigenvalue weighted by atomic mass is 19.1. The standard InChI is InChI=1S/C21H28FN9O2/c1-12-14(18(23)29-30(2)24)8-13-4-5-21(28-19(13)26-12)6-7-31(11-21)17(32)9-16-15(22)10-25-20(27-16)33-3/h8,10H,4-7,9,11,24H2,1-3H3,(H2,23,29)(H,26,28)/t21-/m0/s1. The molecule has 2 aliphatic rings. The Bertz CT molecular complexity index is 1110. The van der Waals surface area contributed by atoms with E-state index in [0.29, 0.717) is 18.9 Å². The molecule has 11 nitrogen and oxygen atoms in total. The summed E-state index contributed by atoms with van der Waals surface area (Å²) in [6.07, 6.45) is 3.26. The number of nitrogens with one attached hydrogen (secondary N) is 1. The van der Waals surface area contributed by atoms with Crippen molar-refractivity contribution in [3.8, 4) is 6.01 Å². The number of anilines is 1. The lowest BCUT2D eigenvalue weighted by Gasteiger charge is -2.36. The Morgan fingerprint density at radius 3 is 2.94 bits per heavy atom. The topological polar surface area (TPSA) is 148 Å². The predicted molar refractivity (Wildman–Crippen MR) is 120 cm³/mol. The van der Waals surface area contributed by atoms with E-state index in [0.717, 1.165) is 53.2 Å². The highest BCUT2D eigenvalue weighted by Crippen LogP contribution is 2.37. The van der Waals surface area contributed by atoms with Crippen LogP contribution in [-0.2, 0) is 17.6 Å². The minimum atomic E-state index is -0.623. The largest absolute Gasteiger partial charge is 0.467 e. The highest BCUT2D eigenvalue weighted by molar-refractivity contribution is 5.98. The van der Waals surface area contributed by atoms with E-state index < -0.39 is 5.82 Å². The maximum atomic E-state index is 14.1. The highest BCUT2D eigenvalue weighted by Gasteiger charge is 2.42. The van der Waals surface area contributed by atoms with Crippen molar-refractivity contribution in [2.45, 2.75) is 38.1 Å². The number of carbonyl (C=O) groups excluding carboxylic acids is 1. The first-order valence-electron chi connectivity index (χ1n) is 10.6. The van der Waals surface area contributed by atoms with E-state index in [1.807, 2.05) is 13.0 Å². The van der Waals surface area contributed by atoms with Crippen molar-refractivity contribution in [2.24, 2.45) is 16.7 Å². The van der Waals surface area contributed by atoms with Crippen LogP contribution in [0.25, 0.3) is 0 Å². The molecule has 1 spiro atoms. The van der Waals surface area contributed by atoms with Crippen molar-refractivity contribution >= 4 is 17.6 Å². The lowest BCUT2D eigenvalue weighted by molar-refractivity contribution is -0.129. The zero-order valence-electron chi connectivity index (χ0n) is 18.9. The number of fused-ring (bicyclic) bond motifs is 1. The monoisotopic (exact) mass is 457 g/mol. The quantitative estimate of drug-likeness (QED) is 0.250. The second-order valence-corrected chi connectivity index (χ2v) is 8.49. The van der Waals surface area contributed by atoms with Crippen molar-refractivity contribution in [3.05, 3.63) is 40.6 Å². The first-order chi connectivity index (χ1) is 15.7. The fourth-order valence-corrected chi connectivity index (χ4v) is 4.37. The minimum absolute atomic E-state index is 0.0296. The summed E-state index contributed by atoms with van der Waals surface area (Å²) in [4.78, 5) is 27.0. The van der Waals surface area contributed by atoms with Gasteiger partial charge in [0.15, 0.2) is 11.7 Å². The Balaban J connectivity index is 1.47. The summed E-state index contributed by atoms with van der Waals surface area (Å²) in [5.74, 6) is 5.86. The summed E-state index contributed by atoms with van der Waals surface area (Å²) in [7, 11) is 2.99. The van der Waals surface area contributed by atoms with Crippen LogP contribution in [0.2, 0.25) is 0 Å². The van der Waals surface area contributed by atoms with Crippen molar-refractivity contribution in [2.75, 3.05) is 32.6 Å². The van der Waals surface area contributed by atoms with E-state index in [-0.39, 0.29) is 29.6 Å². The number of carbonyl (C=O) groups is 1. The number of halogens is 1. The second kappa shape index (κ2) is 8.77. The van der Waals surface area contributed by atoms with Gasteiger partial charge in [-0.1, -0.05) is 0 Å². The van der Waals surface area contributed by atoms with Crippen LogP contribution in [0.3, 0.4) is 0 Å². The molecule has 5 N–H and O–H groups in total. The van der Waals surface area contributed by atoms with E-state index in [1.165, 1.54) is 7.11 Å². The first-order valence-corrected chi connectivity index (χ1v) is 10.6. The zero-order chi connectivity index (χ0) is 23.8. The molecule has 0 unspecified atom stereocenters. The number of ether oxygens (including phenoxy) is 1. The summed E-state index contributed by atoms with van der Waals surface area (Å²) in [6, 6.07) is 2.02. The fourth-order valence-electron chi connectivity index (χ4n) is 4.37. The van der Waals surface area contributed by atoms with Crippen LogP contribution >= 0.6 is 0 Å². The Hall–Kier alpha value is -3.54. The maximum absolute atomic E-state index is 14.1. The second-order valence-electron chi connectivity index (χ2n) is 8.49. The van der Waals surface area contributed by atoms with Crippen molar-refractivity contribution in [1.82, 2.24) is 25.0 Å². The fraction of sp³-hybridized carbons (Fsp3) is 0.476. The molecule has 1 amide bonds. The van der Waals surface area contributed by atoms with Gasteiger partial charge in [0, 0.05) is 25.7 Å². The third kappa shape index (κ3) is 4.65. The number of hydrazine groups is 1. The summed E-state index contributed by atoms with van der Waals surface area (Å²) in [5, 5.41) is 8.79. The van der Waals surface area contributed by atoms with Crippen LogP contribution in [0.1, 0.15) is 35.4 Å².